The maximum absolute atomic E-state index is 14.0. The first kappa shape index (κ1) is 43.0. The van der Waals surface area contributed by atoms with E-state index in [1.54, 1.807) is 56.6 Å². The third-order valence-corrected chi connectivity index (χ3v) is 10.2. The number of nitrogens with zero attached hydrogens (tertiary/aromatic N) is 7. The van der Waals surface area contributed by atoms with E-state index in [0.29, 0.717) is 54.5 Å². The number of fused-ring (bicyclic) bond motifs is 1. The predicted octanol–water partition coefficient (Wildman–Crippen LogP) is 3.29. The average Bonchev–Trinajstić information content (AvgIpc) is 3.68. The van der Waals surface area contributed by atoms with Gasteiger partial charge in [-0.05, 0) is 74.8 Å². The van der Waals surface area contributed by atoms with E-state index < -0.39 is 41.8 Å². The van der Waals surface area contributed by atoms with Crippen molar-refractivity contribution in [3.05, 3.63) is 65.1 Å². The van der Waals surface area contributed by atoms with Crippen LogP contribution in [0.25, 0.3) is 0 Å². The number of aryl methyl sites for hydroxylation is 2. The van der Waals surface area contributed by atoms with Crippen LogP contribution in [0.1, 0.15) is 74.1 Å². The Morgan fingerprint density at radius 1 is 0.966 bits per heavy atom. The zero-order valence-electron chi connectivity index (χ0n) is 34.8. The van der Waals surface area contributed by atoms with E-state index in [1.807, 2.05) is 53.7 Å². The molecule has 310 valence electrons. The first-order chi connectivity index (χ1) is 27.4. The molecule has 0 aliphatic carbocycles. The molecule has 2 unspecified atom stereocenters. The van der Waals surface area contributed by atoms with Gasteiger partial charge in [-0.2, -0.15) is 4.98 Å². The lowest BCUT2D eigenvalue weighted by Gasteiger charge is -2.35. The highest BCUT2D eigenvalue weighted by Gasteiger charge is 2.39. The number of carbonyl (C=O) groups is 6. The molecule has 3 aromatic rings. The van der Waals surface area contributed by atoms with Gasteiger partial charge in [0, 0.05) is 56.4 Å². The maximum Gasteiger partial charge on any atom is 0.330 e. The Balaban J connectivity index is 1.25. The molecule has 4 heterocycles. The highest BCUT2D eigenvalue weighted by molar-refractivity contribution is 6.07. The fourth-order valence-corrected chi connectivity index (χ4v) is 7.03. The van der Waals surface area contributed by atoms with Gasteiger partial charge in [-0.15, -0.1) is 0 Å². The zero-order valence-corrected chi connectivity index (χ0v) is 34.8. The molecular weight excluding hydrogens is 743 g/mol. The van der Waals surface area contributed by atoms with Crippen LogP contribution in [0, 0.1) is 25.7 Å². The Morgan fingerprint density at radius 2 is 1.71 bits per heavy atom. The number of nitrogens with one attached hydrogen (secondary N) is 4. The Kier molecular flexibility index (Phi) is 13.7. The Hall–Kier alpha value is -6.13. The Labute approximate surface area is 339 Å². The second-order valence-corrected chi connectivity index (χ2v) is 15.9. The van der Waals surface area contributed by atoms with Gasteiger partial charge < -0.3 is 31.1 Å². The Morgan fingerprint density at radius 3 is 2.36 bits per heavy atom. The number of hydrogen-bond donors (Lipinski definition) is 4. The van der Waals surface area contributed by atoms with Crippen LogP contribution >= 0.6 is 0 Å². The molecule has 7 amide bonds. The van der Waals surface area contributed by atoms with Crippen LogP contribution in [-0.4, -0.2) is 113 Å². The third kappa shape index (κ3) is 10.0. The molecule has 0 spiro atoms. The average molecular weight is 798 g/mol. The van der Waals surface area contributed by atoms with Gasteiger partial charge >= 0.3 is 6.03 Å². The summed E-state index contributed by atoms with van der Waals surface area (Å²) in [5, 5.41) is 11.4. The van der Waals surface area contributed by atoms with Gasteiger partial charge in [-0.1, -0.05) is 33.8 Å². The molecule has 17 nitrogen and oxygen atoms in total. The summed E-state index contributed by atoms with van der Waals surface area (Å²) in [6.07, 6.45) is 4.74. The quantitative estimate of drug-likeness (QED) is 0.188. The number of anilines is 4. The first-order valence-electron chi connectivity index (χ1n) is 19.6. The van der Waals surface area contributed by atoms with E-state index in [2.05, 4.69) is 36.2 Å². The molecule has 4 N–H and O–H groups in total. The molecule has 2 aliphatic heterocycles. The molecule has 2 aliphatic rings. The summed E-state index contributed by atoms with van der Waals surface area (Å²) < 4.78 is 0. The minimum Gasteiger partial charge on any atom is -0.347 e. The summed E-state index contributed by atoms with van der Waals surface area (Å²) in [6.45, 7) is 11.4. The molecule has 1 fully saturated rings. The van der Waals surface area contributed by atoms with Crippen LogP contribution in [0.15, 0.2) is 42.7 Å². The molecule has 5 rings (SSSR count). The largest absolute Gasteiger partial charge is 0.347 e. The van der Waals surface area contributed by atoms with Gasteiger partial charge in [-0.3, -0.25) is 38.8 Å². The SMILES string of the molecule is Cc1ccc(Nc2ncc3c(n2)N(C)C(=O)N(c2cc(C(=O)NC(C(=O)N4CCC[C@H]4C(=O)NCC(=O)NC(CC(C)C)C(=O)N(C)C)C(C)C)ccc2C)C3)cn1. The molecule has 0 saturated carbocycles. The van der Waals surface area contributed by atoms with E-state index >= 15 is 0 Å². The fourth-order valence-electron chi connectivity index (χ4n) is 7.03. The Bertz CT molecular complexity index is 2040. The molecule has 0 bridgehead atoms. The zero-order chi connectivity index (χ0) is 42.4. The van der Waals surface area contributed by atoms with Crippen molar-refractivity contribution in [2.75, 3.05) is 49.3 Å². The van der Waals surface area contributed by atoms with E-state index in [-0.39, 0.29) is 42.4 Å². The van der Waals surface area contributed by atoms with Crippen LogP contribution in [0.5, 0.6) is 0 Å². The number of pyridine rings is 1. The van der Waals surface area contributed by atoms with Crippen LogP contribution in [0.4, 0.5) is 27.9 Å². The van der Waals surface area contributed by atoms with Crippen LogP contribution < -0.4 is 31.1 Å². The fraction of sp³-hybridized carbons (Fsp3) is 0.488. The van der Waals surface area contributed by atoms with E-state index in [1.165, 1.54) is 14.7 Å². The summed E-state index contributed by atoms with van der Waals surface area (Å²) >= 11 is 0. The molecule has 58 heavy (non-hydrogen) atoms. The van der Waals surface area contributed by atoms with Crippen molar-refractivity contribution < 1.29 is 28.8 Å². The number of benzene rings is 1. The van der Waals surface area contributed by atoms with E-state index in [9.17, 15) is 28.8 Å². The maximum atomic E-state index is 14.0. The van der Waals surface area contributed by atoms with E-state index in [0.717, 1.165) is 11.3 Å². The van der Waals surface area contributed by atoms with Crippen molar-refractivity contribution in [3.8, 4) is 0 Å². The van der Waals surface area contributed by atoms with Crippen LogP contribution in [0.3, 0.4) is 0 Å². The lowest BCUT2D eigenvalue weighted by atomic mass is 10.0. The number of hydrogen-bond acceptors (Lipinski definition) is 10. The first-order valence-corrected chi connectivity index (χ1v) is 19.6. The summed E-state index contributed by atoms with van der Waals surface area (Å²) in [4.78, 5) is 99.6. The topological polar surface area (TPSA) is 202 Å². The third-order valence-electron chi connectivity index (χ3n) is 10.2. The van der Waals surface area contributed by atoms with Gasteiger partial charge in [0.05, 0.1) is 25.0 Å². The summed E-state index contributed by atoms with van der Waals surface area (Å²) in [5.74, 6) is -1.58. The van der Waals surface area contributed by atoms with E-state index in [4.69, 9.17) is 0 Å². The number of likely N-dealkylation sites (N-methyl/N-ethyl adjacent to an activating group) is 1. The minimum absolute atomic E-state index is 0.153. The standard InChI is InChI=1S/C41H55N11O6/c1-23(2)17-30(38(56)49(7)8)46-33(53)21-43-37(55)31-11-10-16-51(31)39(57)34(24(3)4)47-36(54)27-14-12-25(5)32(18-27)52-22-28-19-44-40(48-35(28)50(9)41(52)58)45-29-15-13-26(6)42-20-29/h12-15,18-20,23-24,30-31,34H,10-11,16-17,21-22H2,1-9H3,(H,43,55)(H,46,53)(H,47,54)(H,44,45,48)/t30?,31-,34?/m0/s1. The second-order valence-electron chi connectivity index (χ2n) is 15.9. The van der Waals surface area contributed by atoms with Crippen molar-refractivity contribution in [3.63, 3.8) is 0 Å². The summed E-state index contributed by atoms with van der Waals surface area (Å²) in [6, 6.07) is 5.86. The van der Waals surface area contributed by atoms with Gasteiger partial charge in [0.1, 0.15) is 23.9 Å². The number of rotatable bonds is 14. The second kappa shape index (κ2) is 18.4. The summed E-state index contributed by atoms with van der Waals surface area (Å²) in [7, 11) is 4.86. The van der Waals surface area contributed by atoms with Crippen LogP contribution in [-0.2, 0) is 25.7 Å². The number of aromatic nitrogens is 3. The number of urea groups is 1. The molecule has 17 heteroatoms. The molecule has 1 aromatic carbocycles. The molecule has 3 atom stereocenters. The highest BCUT2D eigenvalue weighted by atomic mass is 16.2. The van der Waals surface area contributed by atoms with Crippen molar-refractivity contribution in [1.29, 1.82) is 0 Å². The van der Waals surface area contributed by atoms with Gasteiger partial charge in [0.15, 0.2) is 0 Å². The van der Waals surface area contributed by atoms with Crippen LogP contribution in [0.2, 0.25) is 0 Å². The minimum atomic E-state index is -0.965. The van der Waals surface area contributed by atoms with Crippen molar-refractivity contribution in [1.82, 2.24) is 40.7 Å². The van der Waals surface area contributed by atoms with Gasteiger partial charge in [-0.25, -0.2) is 9.78 Å². The number of likely N-dealkylation sites (tertiary alicyclic amines) is 1. The van der Waals surface area contributed by atoms with Gasteiger partial charge in [0.25, 0.3) is 5.91 Å². The summed E-state index contributed by atoms with van der Waals surface area (Å²) in [5.41, 5.74) is 3.79. The lowest BCUT2D eigenvalue weighted by molar-refractivity contribution is -0.141. The van der Waals surface area contributed by atoms with Crippen molar-refractivity contribution in [2.45, 2.75) is 85.5 Å². The van der Waals surface area contributed by atoms with Crippen molar-refractivity contribution in [2.24, 2.45) is 11.8 Å². The number of carbonyl (C=O) groups excluding carboxylic acids is 6. The molecule has 2 aromatic heterocycles. The van der Waals surface area contributed by atoms with Crippen molar-refractivity contribution >= 4 is 58.7 Å². The monoisotopic (exact) mass is 797 g/mol. The lowest BCUT2D eigenvalue weighted by Crippen LogP contribution is -2.56. The molecule has 0 radical (unpaired) electrons. The molecular formula is C41H55N11O6. The van der Waals surface area contributed by atoms with Gasteiger partial charge in [0.2, 0.25) is 29.6 Å². The molecule has 1 saturated heterocycles. The predicted molar refractivity (Wildman–Crippen MR) is 219 cm³/mol. The highest BCUT2D eigenvalue weighted by Crippen LogP contribution is 2.33. The normalized spacial score (nSPS) is 16.2. The smallest absolute Gasteiger partial charge is 0.330 e. The number of amides is 7.